The molecule has 130 valence electrons. The Morgan fingerprint density at radius 1 is 1.42 bits per heavy atom. The number of hydrogen-bond acceptors (Lipinski definition) is 4. The number of carbonyl (C=O) groups is 2. The van der Waals surface area contributed by atoms with Gasteiger partial charge in [0.25, 0.3) is 0 Å². The van der Waals surface area contributed by atoms with Gasteiger partial charge in [0.2, 0.25) is 11.8 Å². The molecular formula is C17H22ClN3O3. The van der Waals surface area contributed by atoms with E-state index in [1.165, 1.54) is 0 Å². The molecule has 0 bridgehead atoms. The predicted molar refractivity (Wildman–Crippen MR) is 92.0 cm³/mol. The normalized spacial score (nSPS) is 27.7. The Kier molecular flexibility index (Phi) is 4.80. The summed E-state index contributed by atoms with van der Waals surface area (Å²) >= 11 is 5.87. The Morgan fingerprint density at radius 3 is 2.75 bits per heavy atom. The summed E-state index contributed by atoms with van der Waals surface area (Å²) in [5, 5.41) is 13.8. The molecule has 24 heavy (non-hydrogen) atoms. The van der Waals surface area contributed by atoms with Crippen LogP contribution in [0.2, 0.25) is 5.02 Å². The second-order valence-corrected chi connectivity index (χ2v) is 7.25. The Labute approximate surface area is 146 Å². The fraction of sp³-hybridized carbons (Fsp3) is 0.529. The molecule has 2 aliphatic rings. The second kappa shape index (κ2) is 6.70. The lowest BCUT2D eigenvalue weighted by atomic mass is 10.0. The van der Waals surface area contributed by atoms with Crippen molar-refractivity contribution in [3.05, 3.63) is 29.3 Å². The van der Waals surface area contributed by atoms with Crippen LogP contribution in [0.5, 0.6) is 0 Å². The molecule has 0 aromatic heterocycles. The van der Waals surface area contributed by atoms with Crippen molar-refractivity contribution in [2.45, 2.75) is 18.4 Å². The van der Waals surface area contributed by atoms with Crippen LogP contribution in [0.4, 0.5) is 5.69 Å². The first kappa shape index (κ1) is 17.2. The number of halogens is 1. The Morgan fingerprint density at radius 2 is 2.12 bits per heavy atom. The molecule has 2 heterocycles. The molecule has 2 aliphatic heterocycles. The summed E-state index contributed by atoms with van der Waals surface area (Å²) in [4.78, 5) is 28.2. The smallest absolute Gasteiger partial charge is 0.227 e. The van der Waals surface area contributed by atoms with Gasteiger partial charge in [-0.1, -0.05) is 11.6 Å². The number of benzene rings is 1. The van der Waals surface area contributed by atoms with Gasteiger partial charge in [-0.2, -0.15) is 0 Å². The quantitative estimate of drug-likeness (QED) is 0.844. The molecule has 2 N–H and O–H groups in total. The van der Waals surface area contributed by atoms with E-state index in [0.29, 0.717) is 24.5 Å². The third-order valence-electron chi connectivity index (χ3n) is 4.75. The van der Waals surface area contributed by atoms with Gasteiger partial charge < -0.3 is 20.2 Å². The largest absolute Gasteiger partial charge is 0.387 e. The second-order valence-electron chi connectivity index (χ2n) is 6.81. The van der Waals surface area contributed by atoms with Crippen molar-refractivity contribution in [1.82, 2.24) is 10.2 Å². The lowest BCUT2D eigenvalue weighted by Crippen LogP contribution is -2.46. The van der Waals surface area contributed by atoms with Crippen molar-refractivity contribution in [2.24, 2.45) is 5.92 Å². The maximum atomic E-state index is 12.4. The van der Waals surface area contributed by atoms with Crippen LogP contribution >= 0.6 is 11.6 Å². The van der Waals surface area contributed by atoms with Crippen LogP contribution in [-0.4, -0.2) is 60.6 Å². The first-order valence-electron chi connectivity index (χ1n) is 8.11. The number of hydrogen-bond donors (Lipinski definition) is 2. The van der Waals surface area contributed by atoms with Crippen molar-refractivity contribution in [3.8, 4) is 0 Å². The number of anilines is 1. The third-order valence-corrected chi connectivity index (χ3v) is 5.00. The van der Waals surface area contributed by atoms with Crippen molar-refractivity contribution in [2.75, 3.05) is 38.1 Å². The van der Waals surface area contributed by atoms with E-state index in [-0.39, 0.29) is 24.8 Å². The van der Waals surface area contributed by atoms with Gasteiger partial charge in [0.05, 0.1) is 11.5 Å². The van der Waals surface area contributed by atoms with Gasteiger partial charge in [-0.15, -0.1) is 0 Å². The van der Waals surface area contributed by atoms with Crippen LogP contribution in [0.15, 0.2) is 24.3 Å². The predicted octanol–water partition coefficient (Wildman–Crippen LogP) is 0.876. The molecule has 0 radical (unpaired) electrons. The number of likely N-dealkylation sites (tertiary alicyclic amines) is 1. The molecule has 0 spiro atoms. The van der Waals surface area contributed by atoms with Gasteiger partial charge in [-0.3, -0.25) is 9.59 Å². The van der Waals surface area contributed by atoms with Crippen LogP contribution in [0.25, 0.3) is 0 Å². The minimum Gasteiger partial charge on any atom is -0.387 e. The Bertz CT molecular complexity index is 636. The average molecular weight is 352 g/mol. The number of likely N-dealkylation sites (N-methyl/N-ethyl adjacent to an activating group) is 1. The number of amides is 2. The zero-order valence-corrected chi connectivity index (χ0v) is 14.4. The first-order chi connectivity index (χ1) is 11.4. The van der Waals surface area contributed by atoms with E-state index in [1.807, 2.05) is 11.9 Å². The number of rotatable bonds is 4. The van der Waals surface area contributed by atoms with E-state index in [9.17, 15) is 14.7 Å². The first-order valence-corrected chi connectivity index (χ1v) is 8.49. The fourth-order valence-electron chi connectivity index (χ4n) is 3.35. The molecule has 2 fully saturated rings. The Balaban J connectivity index is 1.57. The van der Waals surface area contributed by atoms with Gasteiger partial charge in [-0.05, 0) is 37.7 Å². The van der Waals surface area contributed by atoms with E-state index < -0.39 is 11.5 Å². The number of β-amino-alcohol motifs (C(OH)–C–C–N with tert-alkyl or cyclic N) is 1. The highest BCUT2D eigenvalue weighted by molar-refractivity contribution is 6.30. The van der Waals surface area contributed by atoms with E-state index in [1.54, 1.807) is 29.2 Å². The van der Waals surface area contributed by atoms with E-state index in [2.05, 4.69) is 5.32 Å². The Hall–Kier alpha value is -1.63. The van der Waals surface area contributed by atoms with Gasteiger partial charge in [-0.25, -0.2) is 0 Å². The monoisotopic (exact) mass is 351 g/mol. The van der Waals surface area contributed by atoms with Crippen LogP contribution in [-0.2, 0) is 9.59 Å². The van der Waals surface area contributed by atoms with Crippen molar-refractivity contribution in [1.29, 1.82) is 0 Å². The highest BCUT2D eigenvalue weighted by Gasteiger charge is 2.38. The van der Waals surface area contributed by atoms with Gasteiger partial charge in [0.1, 0.15) is 0 Å². The molecular weight excluding hydrogens is 330 g/mol. The van der Waals surface area contributed by atoms with Gasteiger partial charge >= 0.3 is 0 Å². The molecule has 0 aliphatic carbocycles. The van der Waals surface area contributed by atoms with Crippen LogP contribution < -0.4 is 10.2 Å². The fourth-order valence-corrected chi connectivity index (χ4v) is 3.48. The number of nitrogens with zero attached hydrogens (tertiary/aromatic N) is 2. The third kappa shape index (κ3) is 3.71. The molecule has 2 atom stereocenters. The molecule has 6 nitrogen and oxygen atoms in total. The number of nitrogens with one attached hydrogen (secondary N) is 1. The van der Waals surface area contributed by atoms with Crippen LogP contribution in [0.1, 0.15) is 12.8 Å². The maximum Gasteiger partial charge on any atom is 0.227 e. The molecule has 2 amide bonds. The molecule has 0 unspecified atom stereocenters. The summed E-state index contributed by atoms with van der Waals surface area (Å²) in [6.07, 6.45) is 0.830. The van der Waals surface area contributed by atoms with E-state index >= 15 is 0 Å². The summed E-state index contributed by atoms with van der Waals surface area (Å²) in [7, 11) is 1.94. The molecule has 0 saturated carbocycles. The summed E-state index contributed by atoms with van der Waals surface area (Å²) < 4.78 is 0. The molecule has 1 aromatic carbocycles. The zero-order valence-electron chi connectivity index (χ0n) is 13.7. The standard InChI is InChI=1S/C17H22ClN3O3/c1-20-7-6-17(24,11-20)10-19-16(23)12-8-15(22)21(9-12)14-4-2-13(18)3-5-14/h2-5,12,24H,6-11H2,1H3,(H,19,23)/t12-,17-/m1/s1. The molecule has 7 heteroatoms. The van der Waals surface area contributed by atoms with Crippen molar-refractivity contribution >= 4 is 29.1 Å². The SMILES string of the molecule is CN1CC[C@@](O)(CNC(=O)[C@@H]2CC(=O)N(c3ccc(Cl)cc3)C2)C1. The van der Waals surface area contributed by atoms with Crippen LogP contribution in [0.3, 0.4) is 0 Å². The summed E-state index contributed by atoms with van der Waals surface area (Å²) in [6.45, 7) is 1.94. The van der Waals surface area contributed by atoms with Crippen molar-refractivity contribution in [3.63, 3.8) is 0 Å². The highest BCUT2D eigenvalue weighted by Crippen LogP contribution is 2.26. The number of carbonyl (C=O) groups excluding carboxylic acids is 2. The highest BCUT2D eigenvalue weighted by atomic mass is 35.5. The number of aliphatic hydroxyl groups is 1. The topological polar surface area (TPSA) is 72.9 Å². The molecule has 3 rings (SSSR count). The lowest BCUT2D eigenvalue weighted by molar-refractivity contribution is -0.127. The summed E-state index contributed by atoms with van der Waals surface area (Å²) in [6, 6.07) is 7.00. The van der Waals surface area contributed by atoms with Crippen LogP contribution in [0, 0.1) is 5.92 Å². The van der Waals surface area contributed by atoms with Crippen molar-refractivity contribution < 1.29 is 14.7 Å². The van der Waals surface area contributed by atoms with Gasteiger partial charge in [0, 0.05) is 43.3 Å². The molecule has 2 saturated heterocycles. The minimum absolute atomic E-state index is 0.0724. The summed E-state index contributed by atoms with van der Waals surface area (Å²) in [5.74, 6) is -0.643. The van der Waals surface area contributed by atoms with Gasteiger partial charge in [0.15, 0.2) is 0 Å². The average Bonchev–Trinajstić information content (AvgIpc) is 3.09. The van der Waals surface area contributed by atoms with E-state index in [0.717, 1.165) is 12.2 Å². The maximum absolute atomic E-state index is 12.4. The lowest BCUT2D eigenvalue weighted by Gasteiger charge is -2.23. The minimum atomic E-state index is -0.872. The summed E-state index contributed by atoms with van der Waals surface area (Å²) in [5.41, 5.74) is -0.126. The van der Waals surface area contributed by atoms with E-state index in [4.69, 9.17) is 11.6 Å². The zero-order chi connectivity index (χ0) is 17.3. The molecule has 1 aromatic rings.